The highest BCUT2D eigenvalue weighted by Gasteiger charge is 2.23. The monoisotopic (exact) mass is 320 g/mol. The van der Waals surface area contributed by atoms with Crippen molar-refractivity contribution in [1.29, 1.82) is 0 Å². The predicted molar refractivity (Wildman–Crippen MR) is 81.9 cm³/mol. The highest BCUT2D eigenvalue weighted by molar-refractivity contribution is 5.91. The molecular weight excluding hydrogens is 296 g/mol. The number of rotatable bonds is 5. The number of hydrogen-bond donors (Lipinski definition) is 4. The van der Waals surface area contributed by atoms with E-state index in [0.29, 0.717) is 13.0 Å². The number of amides is 3. The van der Waals surface area contributed by atoms with Crippen LogP contribution in [-0.4, -0.2) is 42.9 Å². The molecule has 0 saturated carbocycles. The Labute approximate surface area is 131 Å². The van der Waals surface area contributed by atoms with Crippen LogP contribution in [0, 0.1) is 5.92 Å². The molecule has 0 aromatic heterocycles. The largest absolute Gasteiger partial charge is 0.354 e. The maximum Gasteiger partial charge on any atom is 0.242 e. The molecule has 0 bridgehead atoms. The quantitative estimate of drug-likeness (QED) is 0.536. The van der Waals surface area contributed by atoms with E-state index >= 15 is 0 Å². The Balaban J connectivity index is 0.00000400. The summed E-state index contributed by atoms with van der Waals surface area (Å²) in [6, 6.07) is -1.15. The van der Waals surface area contributed by atoms with Crippen LogP contribution < -0.4 is 21.7 Å². The van der Waals surface area contributed by atoms with Gasteiger partial charge in [-0.25, -0.2) is 0 Å². The average Bonchev–Trinajstić information content (AvgIpc) is 2.60. The topological polar surface area (TPSA) is 113 Å². The van der Waals surface area contributed by atoms with Crippen molar-refractivity contribution >= 4 is 30.1 Å². The predicted octanol–water partition coefficient (Wildman–Crippen LogP) is -0.707. The molecule has 0 aliphatic carbocycles. The van der Waals surface area contributed by atoms with Gasteiger partial charge in [0.15, 0.2) is 0 Å². The third kappa shape index (κ3) is 6.77. The van der Waals surface area contributed by atoms with Gasteiger partial charge in [0.2, 0.25) is 17.7 Å². The highest BCUT2D eigenvalue weighted by Crippen LogP contribution is 2.05. The zero-order chi connectivity index (χ0) is 15.1. The Bertz CT molecular complexity index is 376. The normalized spacial score (nSPS) is 19.8. The van der Waals surface area contributed by atoms with Gasteiger partial charge < -0.3 is 21.7 Å². The molecule has 0 aromatic rings. The number of nitrogens with two attached hydrogens (primary N) is 1. The molecule has 1 aliphatic heterocycles. The van der Waals surface area contributed by atoms with Gasteiger partial charge in [-0.2, -0.15) is 0 Å². The minimum atomic E-state index is -0.635. The number of carbonyl (C=O) groups excluding carboxylic acids is 3. The maximum absolute atomic E-state index is 11.7. The number of nitrogens with one attached hydrogen (secondary N) is 3. The van der Waals surface area contributed by atoms with Crippen LogP contribution in [-0.2, 0) is 14.4 Å². The van der Waals surface area contributed by atoms with E-state index in [0.717, 1.165) is 12.8 Å². The van der Waals surface area contributed by atoms with Crippen molar-refractivity contribution in [2.75, 3.05) is 13.1 Å². The summed E-state index contributed by atoms with van der Waals surface area (Å²) in [5.74, 6) is -0.899. The second-order valence-corrected chi connectivity index (χ2v) is 5.39. The molecule has 1 rings (SSSR count). The number of carbonyl (C=O) groups is 3. The van der Waals surface area contributed by atoms with Gasteiger partial charge in [0.05, 0.1) is 12.6 Å². The zero-order valence-electron chi connectivity index (χ0n) is 12.5. The fraction of sp³-hybridized carbons (Fsp3) is 0.769. The SMILES string of the molecule is CC(C)[C@H](N)C(=O)NCC(=O)NC1CCCCNC1=O.Cl. The minimum absolute atomic E-state index is 0. The van der Waals surface area contributed by atoms with Gasteiger partial charge in [-0.05, 0) is 25.2 Å². The average molecular weight is 321 g/mol. The van der Waals surface area contributed by atoms with E-state index < -0.39 is 12.1 Å². The van der Waals surface area contributed by atoms with Gasteiger partial charge in [-0.1, -0.05) is 13.8 Å². The van der Waals surface area contributed by atoms with Crippen LogP contribution in [0.25, 0.3) is 0 Å². The second kappa shape index (κ2) is 9.57. The molecule has 122 valence electrons. The van der Waals surface area contributed by atoms with Crippen molar-refractivity contribution in [3.63, 3.8) is 0 Å². The van der Waals surface area contributed by atoms with Crippen LogP contribution in [0.3, 0.4) is 0 Å². The van der Waals surface area contributed by atoms with Crippen molar-refractivity contribution in [3.05, 3.63) is 0 Å². The van der Waals surface area contributed by atoms with Crippen LogP contribution in [0.15, 0.2) is 0 Å². The minimum Gasteiger partial charge on any atom is -0.354 e. The molecule has 2 atom stereocenters. The number of hydrogen-bond acceptors (Lipinski definition) is 4. The summed E-state index contributed by atoms with van der Waals surface area (Å²) < 4.78 is 0. The first-order valence-electron chi connectivity index (χ1n) is 7.02. The van der Waals surface area contributed by atoms with E-state index in [1.807, 2.05) is 13.8 Å². The van der Waals surface area contributed by atoms with Crippen molar-refractivity contribution < 1.29 is 14.4 Å². The fourth-order valence-electron chi connectivity index (χ4n) is 1.91. The van der Waals surface area contributed by atoms with Crippen LogP contribution in [0.4, 0.5) is 0 Å². The summed E-state index contributed by atoms with van der Waals surface area (Å²) in [6.07, 6.45) is 2.42. The van der Waals surface area contributed by atoms with Crippen molar-refractivity contribution in [2.45, 2.75) is 45.2 Å². The summed E-state index contributed by atoms with van der Waals surface area (Å²) in [4.78, 5) is 35.0. The number of halogens is 1. The standard InChI is InChI=1S/C13H24N4O3.ClH/c1-8(2)11(14)13(20)16-7-10(18)17-9-5-3-4-6-15-12(9)19;/h8-9,11H,3-7,14H2,1-2H3,(H,15,19)(H,16,20)(H,17,18);1H/t9?,11-;/m0./s1. The van der Waals surface area contributed by atoms with Crippen molar-refractivity contribution in [2.24, 2.45) is 11.7 Å². The van der Waals surface area contributed by atoms with E-state index in [2.05, 4.69) is 16.0 Å². The molecule has 1 unspecified atom stereocenters. The third-order valence-corrected chi connectivity index (χ3v) is 3.31. The third-order valence-electron chi connectivity index (χ3n) is 3.31. The summed E-state index contributed by atoms with van der Waals surface area (Å²) in [7, 11) is 0. The fourth-order valence-corrected chi connectivity index (χ4v) is 1.91. The zero-order valence-corrected chi connectivity index (χ0v) is 13.3. The van der Waals surface area contributed by atoms with Crippen molar-refractivity contribution in [3.8, 4) is 0 Å². The first-order valence-corrected chi connectivity index (χ1v) is 7.02. The lowest BCUT2D eigenvalue weighted by Crippen LogP contribution is -2.51. The Morgan fingerprint density at radius 2 is 2.05 bits per heavy atom. The molecular formula is C13H25ClN4O3. The summed E-state index contributed by atoms with van der Waals surface area (Å²) in [6.45, 7) is 4.15. The van der Waals surface area contributed by atoms with Gasteiger partial charge in [0, 0.05) is 6.54 Å². The van der Waals surface area contributed by atoms with Gasteiger partial charge in [-0.3, -0.25) is 14.4 Å². The Morgan fingerprint density at radius 1 is 1.38 bits per heavy atom. The van der Waals surface area contributed by atoms with E-state index in [1.165, 1.54) is 0 Å². The van der Waals surface area contributed by atoms with Crippen LogP contribution in [0.2, 0.25) is 0 Å². The van der Waals surface area contributed by atoms with Gasteiger partial charge in [-0.15, -0.1) is 12.4 Å². The molecule has 1 saturated heterocycles. The first-order chi connectivity index (χ1) is 9.41. The van der Waals surface area contributed by atoms with Crippen LogP contribution >= 0.6 is 12.4 Å². The van der Waals surface area contributed by atoms with Crippen LogP contribution in [0.1, 0.15) is 33.1 Å². The van der Waals surface area contributed by atoms with E-state index in [-0.39, 0.29) is 42.6 Å². The van der Waals surface area contributed by atoms with Gasteiger partial charge in [0.25, 0.3) is 0 Å². The molecule has 7 nitrogen and oxygen atoms in total. The van der Waals surface area contributed by atoms with E-state index in [1.54, 1.807) is 0 Å². The van der Waals surface area contributed by atoms with E-state index in [4.69, 9.17) is 5.73 Å². The Hall–Kier alpha value is -1.34. The Kier molecular flexibility index (Phi) is 8.96. The summed E-state index contributed by atoms with van der Waals surface area (Å²) >= 11 is 0. The smallest absolute Gasteiger partial charge is 0.242 e. The molecule has 0 spiro atoms. The molecule has 21 heavy (non-hydrogen) atoms. The molecule has 1 fully saturated rings. The van der Waals surface area contributed by atoms with Gasteiger partial charge in [0.1, 0.15) is 6.04 Å². The molecule has 5 N–H and O–H groups in total. The summed E-state index contributed by atoms with van der Waals surface area (Å²) in [5.41, 5.74) is 5.67. The molecule has 1 heterocycles. The summed E-state index contributed by atoms with van der Waals surface area (Å²) in [5, 5.41) is 7.84. The van der Waals surface area contributed by atoms with Crippen molar-refractivity contribution in [1.82, 2.24) is 16.0 Å². The highest BCUT2D eigenvalue weighted by atomic mass is 35.5. The first kappa shape index (κ1) is 19.7. The molecule has 3 amide bonds. The lowest BCUT2D eigenvalue weighted by atomic mass is 10.1. The second-order valence-electron chi connectivity index (χ2n) is 5.39. The van der Waals surface area contributed by atoms with E-state index in [9.17, 15) is 14.4 Å². The van der Waals surface area contributed by atoms with Crippen LogP contribution in [0.5, 0.6) is 0 Å². The molecule has 0 radical (unpaired) electrons. The molecule has 1 aliphatic rings. The Morgan fingerprint density at radius 3 is 2.67 bits per heavy atom. The lowest BCUT2D eigenvalue weighted by molar-refractivity contribution is -0.130. The van der Waals surface area contributed by atoms with Gasteiger partial charge >= 0.3 is 0 Å². The molecule has 0 aromatic carbocycles. The maximum atomic E-state index is 11.7. The lowest BCUT2D eigenvalue weighted by Gasteiger charge is -2.17. The molecule has 8 heteroatoms.